The molecule has 0 radical (unpaired) electrons. The van der Waals surface area contributed by atoms with Crippen LogP contribution in [0.15, 0.2) is 49.1 Å². The number of aryl methyl sites for hydroxylation is 1. The lowest BCUT2D eigenvalue weighted by Gasteiger charge is -2.19. The molecule has 2 N–H and O–H groups in total. The zero-order valence-electron chi connectivity index (χ0n) is 20.7. The van der Waals surface area contributed by atoms with E-state index in [1.54, 1.807) is 36.7 Å². The van der Waals surface area contributed by atoms with Crippen molar-refractivity contribution in [2.75, 3.05) is 18.1 Å². The van der Waals surface area contributed by atoms with Crippen LogP contribution >= 0.6 is 0 Å². The van der Waals surface area contributed by atoms with Gasteiger partial charge in [-0.1, -0.05) is 12.1 Å². The van der Waals surface area contributed by atoms with Gasteiger partial charge in [0, 0.05) is 30.2 Å². The Morgan fingerprint density at radius 2 is 1.89 bits per heavy atom. The highest BCUT2D eigenvalue weighted by Crippen LogP contribution is 2.19. The van der Waals surface area contributed by atoms with Crippen molar-refractivity contribution in [2.24, 2.45) is 0 Å². The predicted molar refractivity (Wildman–Crippen MR) is 135 cm³/mol. The lowest BCUT2D eigenvalue weighted by molar-refractivity contribution is 0.0527. The highest BCUT2D eigenvalue weighted by atomic mass is 32.2. The first-order chi connectivity index (χ1) is 17.0. The predicted octanol–water partition coefficient (Wildman–Crippen LogP) is 3.61. The Morgan fingerprint density at radius 1 is 1.08 bits per heavy atom. The van der Waals surface area contributed by atoms with Gasteiger partial charge in [0.25, 0.3) is 10.1 Å². The highest BCUT2D eigenvalue weighted by Gasteiger charge is 2.15. The summed E-state index contributed by atoms with van der Waals surface area (Å²) in [6, 6.07) is 9.04. The zero-order chi connectivity index (χ0) is 26.2. The number of ether oxygens (including phenoxy) is 1. The van der Waals surface area contributed by atoms with Crippen molar-refractivity contribution in [3.63, 3.8) is 0 Å². The Hall–Kier alpha value is -3.64. The number of hydrogen-bond donors (Lipinski definition) is 2. The first kappa shape index (κ1) is 27.0. The lowest BCUT2D eigenvalue weighted by Crippen LogP contribution is -2.33. The third-order valence-electron chi connectivity index (χ3n) is 4.56. The summed E-state index contributed by atoms with van der Waals surface area (Å²) < 4.78 is 32.5. The van der Waals surface area contributed by atoms with Gasteiger partial charge in [-0.05, 0) is 62.9 Å². The van der Waals surface area contributed by atoms with E-state index in [0.29, 0.717) is 42.4 Å². The summed E-state index contributed by atoms with van der Waals surface area (Å²) in [5, 5.41) is 5.84. The van der Waals surface area contributed by atoms with Gasteiger partial charge < -0.3 is 15.4 Å². The molecule has 11 nitrogen and oxygen atoms in total. The summed E-state index contributed by atoms with van der Waals surface area (Å²) in [6.07, 6.45) is 6.83. The molecule has 0 atom stereocenters. The fraction of sp³-hybridized carbons (Fsp3) is 0.375. The molecule has 2 aromatic heterocycles. The van der Waals surface area contributed by atoms with E-state index < -0.39 is 21.8 Å². The maximum atomic E-state index is 11.8. The Kier molecular flexibility index (Phi) is 8.88. The number of carbonyl (C=O) groups is 1. The molecule has 0 bridgehead atoms. The average Bonchev–Trinajstić information content (AvgIpc) is 2.80. The Labute approximate surface area is 210 Å². The molecule has 1 amide bonds. The van der Waals surface area contributed by atoms with Crippen LogP contribution in [0.5, 0.6) is 0 Å². The molecule has 3 rings (SSSR count). The number of carbonyl (C=O) groups excluding carboxylic acids is 1. The second kappa shape index (κ2) is 11.9. The molecule has 1 aromatic carbocycles. The summed E-state index contributed by atoms with van der Waals surface area (Å²) in [4.78, 5) is 29.0. The molecule has 0 unspecified atom stereocenters. The molecule has 192 valence electrons. The number of nitrogens with one attached hydrogen (secondary N) is 2. The zero-order valence-corrected chi connectivity index (χ0v) is 21.5. The van der Waals surface area contributed by atoms with E-state index in [0.717, 1.165) is 17.4 Å². The van der Waals surface area contributed by atoms with Crippen LogP contribution < -0.4 is 10.6 Å². The van der Waals surface area contributed by atoms with Crippen molar-refractivity contribution >= 4 is 27.8 Å². The van der Waals surface area contributed by atoms with E-state index in [9.17, 15) is 13.2 Å². The van der Waals surface area contributed by atoms with Crippen molar-refractivity contribution < 1.29 is 22.1 Å². The molecule has 0 saturated heterocycles. The van der Waals surface area contributed by atoms with Gasteiger partial charge in [0.15, 0.2) is 5.82 Å². The van der Waals surface area contributed by atoms with Gasteiger partial charge in [0.1, 0.15) is 11.9 Å². The van der Waals surface area contributed by atoms with Crippen molar-refractivity contribution in [1.82, 2.24) is 25.3 Å². The number of pyridine rings is 1. The average molecular weight is 515 g/mol. The second-order valence-corrected chi connectivity index (χ2v) is 10.7. The van der Waals surface area contributed by atoms with Crippen LogP contribution in [0.1, 0.15) is 38.3 Å². The minimum atomic E-state index is -3.54. The van der Waals surface area contributed by atoms with Crippen LogP contribution in [0.2, 0.25) is 0 Å². The molecular formula is C24H30N6O5S. The van der Waals surface area contributed by atoms with E-state index in [1.807, 2.05) is 26.8 Å². The number of hydrogen-bond acceptors (Lipinski definition) is 10. The summed E-state index contributed by atoms with van der Waals surface area (Å²) >= 11 is 0. The first-order valence-electron chi connectivity index (χ1n) is 11.3. The summed E-state index contributed by atoms with van der Waals surface area (Å²) in [5.74, 6) is 0.776. The largest absolute Gasteiger partial charge is 0.444 e. The minimum absolute atomic E-state index is 0.0669. The molecule has 3 aromatic rings. The van der Waals surface area contributed by atoms with Crippen molar-refractivity contribution in [3.8, 4) is 11.4 Å². The van der Waals surface area contributed by atoms with Crippen LogP contribution in [0.25, 0.3) is 11.4 Å². The van der Waals surface area contributed by atoms with Crippen LogP contribution in [-0.2, 0) is 32.1 Å². The maximum Gasteiger partial charge on any atom is 0.407 e. The van der Waals surface area contributed by atoms with Crippen LogP contribution in [-0.4, -0.2) is 52.8 Å². The number of anilines is 2. The Balaban J connectivity index is 1.60. The maximum absolute atomic E-state index is 11.8. The van der Waals surface area contributed by atoms with Gasteiger partial charge in [-0.3, -0.25) is 9.17 Å². The third-order valence-corrected chi connectivity index (χ3v) is 5.10. The Bertz CT molecular complexity index is 1290. The minimum Gasteiger partial charge on any atom is -0.444 e. The summed E-state index contributed by atoms with van der Waals surface area (Å²) in [5.41, 5.74) is 2.53. The third kappa shape index (κ3) is 9.55. The quantitative estimate of drug-likeness (QED) is 0.304. The standard InChI is InChI=1S/C24H30N6O5S/c1-24(2,3)35-23(31)26-10-6-8-17-11-19(14-25-13-17)21-27-16-28-22(30-21)29-20-9-5-7-18(12-20)15-34-36(4,32)33/h5,7,9,11-14,16H,6,8,10,15H2,1-4H3,(H,26,31)(H,27,28,29,30). The van der Waals surface area contributed by atoms with E-state index in [4.69, 9.17) is 8.92 Å². The van der Waals surface area contributed by atoms with E-state index in [2.05, 4.69) is 30.6 Å². The molecule has 0 aliphatic heterocycles. The molecule has 0 aliphatic carbocycles. The number of nitrogens with zero attached hydrogens (tertiary/aromatic N) is 4. The van der Waals surface area contributed by atoms with Crippen LogP contribution in [0, 0.1) is 0 Å². The topological polar surface area (TPSA) is 145 Å². The number of amides is 1. The molecule has 36 heavy (non-hydrogen) atoms. The van der Waals surface area contributed by atoms with Gasteiger partial charge in [0.2, 0.25) is 5.95 Å². The van der Waals surface area contributed by atoms with Gasteiger partial charge >= 0.3 is 6.09 Å². The van der Waals surface area contributed by atoms with Crippen molar-refractivity contribution in [1.29, 1.82) is 0 Å². The molecule has 2 heterocycles. The Morgan fingerprint density at radius 3 is 2.64 bits per heavy atom. The van der Waals surface area contributed by atoms with Gasteiger partial charge in [-0.25, -0.2) is 14.8 Å². The van der Waals surface area contributed by atoms with Crippen LogP contribution in [0.4, 0.5) is 16.4 Å². The molecule has 0 fully saturated rings. The summed E-state index contributed by atoms with van der Waals surface area (Å²) in [7, 11) is -3.54. The highest BCUT2D eigenvalue weighted by molar-refractivity contribution is 7.85. The van der Waals surface area contributed by atoms with Gasteiger partial charge in [-0.15, -0.1) is 0 Å². The molecule has 0 aliphatic rings. The van der Waals surface area contributed by atoms with Gasteiger partial charge in [-0.2, -0.15) is 13.4 Å². The fourth-order valence-corrected chi connectivity index (χ4v) is 3.43. The van der Waals surface area contributed by atoms with E-state index >= 15 is 0 Å². The number of alkyl carbamates (subject to hydrolysis) is 1. The molecule has 12 heteroatoms. The van der Waals surface area contributed by atoms with E-state index in [1.165, 1.54) is 6.33 Å². The summed E-state index contributed by atoms with van der Waals surface area (Å²) in [6.45, 7) is 5.87. The number of aromatic nitrogens is 4. The van der Waals surface area contributed by atoms with Crippen molar-refractivity contribution in [2.45, 2.75) is 45.8 Å². The molecule has 0 saturated carbocycles. The molecule has 0 spiro atoms. The number of rotatable bonds is 10. The van der Waals surface area contributed by atoms with Gasteiger partial charge in [0.05, 0.1) is 12.9 Å². The van der Waals surface area contributed by atoms with Crippen molar-refractivity contribution in [3.05, 3.63) is 60.2 Å². The lowest BCUT2D eigenvalue weighted by atomic mass is 10.1. The SMILES string of the molecule is CC(C)(C)OC(=O)NCCCc1cncc(-c2ncnc(Nc3cccc(COS(C)(=O)=O)c3)n2)c1. The van der Waals surface area contributed by atoms with Crippen LogP contribution in [0.3, 0.4) is 0 Å². The second-order valence-electron chi connectivity index (χ2n) is 9.04. The monoisotopic (exact) mass is 514 g/mol. The smallest absolute Gasteiger partial charge is 0.407 e. The van der Waals surface area contributed by atoms with E-state index in [-0.39, 0.29) is 6.61 Å². The molecular weight excluding hydrogens is 484 g/mol. The first-order valence-corrected chi connectivity index (χ1v) is 13.1. The fourth-order valence-electron chi connectivity index (χ4n) is 3.08. The number of benzene rings is 1. The normalized spacial score (nSPS) is 11.7.